The molecule has 1 N–H and O–H groups in total. The zero-order chi connectivity index (χ0) is 10.7. The van der Waals surface area contributed by atoms with Gasteiger partial charge in [0, 0.05) is 18.6 Å². The van der Waals surface area contributed by atoms with Crippen LogP contribution in [0, 0.1) is 10.1 Å². The lowest BCUT2D eigenvalue weighted by atomic mass is 10.0. The van der Waals surface area contributed by atoms with E-state index in [-0.39, 0.29) is 18.2 Å². The third-order valence-electron chi connectivity index (χ3n) is 2.01. The Hall–Kier alpha value is -0.940. The number of halogens is 1. The van der Waals surface area contributed by atoms with Crippen molar-refractivity contribution in [2.45, 2.75) is 12.8 Å². The lowest BCUT2D eigenvalue weighted by molar-refractivity contribution is -0.385. The molecule has 1 aromatic rings. The number of aliphatic hydroxyl groups is 1. The van der Waals surface area contributed by atoms with Crippen LogP contribution in [-0.4, -0.2) is 16.6 Å². The maximum Gasteiger partial charge on any atom is 0.283 e. The summed E-state index contributed by atoms with van der Waals surface area (Å²) >= 11 is 3.17. The van der Waals surface area contributed by atoms with Gasteiger partial charge in [-0.2, -0.15) is 0 Å². The van der Waals surface area contributed by atoms with Crippen molar-refractivity contribution in [3.05, 3.63) is 38.3 Å². The maximum atomic E-state index is 10.6. The molecule has 0 saturated carbocycles. The first-order valence-corrected chi connectivity index (χ1v) is 4.91. The fourth-order valence-electron chi connectivity index (χ4n) is 1.16. The van der Waals surface area contributed by atoms with Gasteiger partial charge in [0.25, 0.3) is 5.69 Å². The minimum atomic E-state index is -0.447. The summed E-state index contributed by atoms with van der Waals surface area (Å²) in [5, 5.41) is 19.5. The van der Waals surface area contributed by atoms with Crippen molar-refractivity contribution >= 4 is 21.6 Å². The predicted octanol–water partition coefficient (Wildman–Crippen LogP) is 2.45. The highest BCUT2D eigenvalue weighted by molar-refractivity contribution is 9.10. The van der Waals surface area contributed by atoms with Crippen LogP contribution in [0.1, 0.15) is 18.4 Å². The van der Waals surface area contributed by atoms with Gasteiger partial charge in [0.05, 0.1) is 9.40 Å². The summed E-state index contributed by atoms with van der Waals surface area (Å²) in [5.74, 6) is -0.107. The average molecular weight is 260 g/mol. The van der Waals surface area contributed by atoms with E-state index in [0.29, 0.717) is 4.47 Å². The first-order valence-electron chi connectivity index (χ1n) is 4.11. The second-order valence-corrected chi connectivity index (χ2v) is 3.81. The Bertz CT molecular complexity index is 354. The number of aliphatic hydroxyl groups excluding tert-OH is 1. The van der Waals surface area contributed by atoms with Crippen LogP contribution in [0.3, 0.4) is 0 Å². The van der Waals surface area contributed by atoms with Crippen LogP contribution in [-0.2, 0) is 0 Å². The molecular formula is C9H10BrNO3. The summed E-state index contributed by atoms with van der Waals surface area (Å²) in [7, 11) is 0. The lowest BCUT2D eigenvalue weighted by Gasteiger charge is -2.10. The van der Waals surface area contributed by atoms with Crippen LogP contribution in [0.25, 0.3) is 0 Å². The van der Waals surface area contributed by atoms with E-state index in [1.165, 1.54) is 6.07 Å². The molecule has 0 saturated heterocycles. The van der Waals surface area contributed by atoms with E-state index in [0.717, 1.165) is 5.56 Å². The monoisotopic (exact) mass is 259 g/mol. The van der Waals surface area contributed by atoms with Gasteiger partial charge in [-0.3, -0.25) is 10.1 Å². The largest absolute Gasteiger partial charge is 0.396 e. The van der Waals surface area contributed by atoms with E-state index in [2.05, 4.69) is 15.9 Å². The predicted molar refractivity (Wildman–Crippen MR) is 56.3 cm³/mol. The highest BCUT2D eigenvalue weighted by Crippen LogP contribution is 2.32. The van der Waals surface area contributed by atoms with Gasteiger partial charge in [0.2, 0.25) is 0 Å². The molecule has 0 heterocycles. The normalized spacial score (nSPS) is 12.5. The quantitative estimate of drug-likeness (QED) is 0.670. The second kappa shape index (κ2) is 4.52. The van der Waals surface area contributed by atoms with E-state index in [1.807, 2.05) is 6.92 Å². The van der Waals surface area contributed by atoms with Crippen molar-refractivity contribution in [3.8, 4) is 0 Å². The van der Waals surface area contributed by atoms with Crippen molar-refractivity contribution in [1.82, 2.24) is 0 Å². The van der Waals surface area contributed by atoms with Crippen LogP contribution in [0.15, 0.2) is 22.7 Å². The third-order valence-corrected chi connectivity index (χ3v) is 2.87. The summed E-state index contributed by atoms with van der Waals surface area (Å²) in [6.45, 7) is 1.78. The molecule has 76 valence electrons. The summed E-state index contributed by atoms with van der Waals surface area (Å²) in [4.78, 5) is 10.2. The van der Waals surface area contributed by atoms with Gasteiger partial charge < -0.3 is 5.11 Å². The molecule has 0 amide bonds. The maximum absolute atomic E-state index is 10.6. The van der Waals surface area contributed by atoms with Crippen LogP contribution in [0.4, 0.5) is 5.69 Å². The lowest BCUT2D eigenvalue weighted by Crippen LogP contribution is -2.01. The number of rotatable bonds is 3. The van der Waals surface area contributed by atoms with E-state index in [1.54, 1.807) is 12.1 Å². The first kappa shape index (κ1) is 11.1. The SMILES string of the molecule is CC(CO)c1cccc([N+](=O)[O-])c1Br. The molecule has 0 bridgehead atoms. The molecule has 1 aromatic carbocycles. The second-order valence-electron chi connectivity index (χ2n) is 3.02. The summed E-state index contributed by atoms with van der Waals surface area (Å²) in [6.07, 6.45) is 0. The number of hydrogen-bond acceptors (Lipinski definition) is 3. The molecule has 14 heavy (non-hydrogen) atoms. The van der Waals surface area contributed by atoms with E-state index < -0.39 is 4.92 Å². The molecule has 0 aromatic heterocycles. The van der Waals surface area contributed by atoms with Crippen molar-refractivity contribution in [2.75, 3.05) is 6.61 Å². The molecule has 1 atom stereocenters. The van der Waals surface area contributed by atoms with E-state index in [9.17, 15) is 10.1 Å². The Labute approximate surface area is 89.8 Å². The minimum absolute atomic E-state index is 0.0280. The van der Waals surface area contributed by atoms with Crippen LogP contribution >= 0.6 is 15.9 Å². The molecule has 0 aliphatic rings. The van der Waals surface area contributed by atoms with Gasteiger partial charge in [-0.25, -0.2) is 0 Å². The van der Waals surface area contributed by atoms with Crippen molar-refractivity contribution in [1.29, 1.82) is 0 Å². The minimum Gasteiger partial charge on any atom is -0.396 e. The van der Waals surface area contributed by atoms with Crippen LogP contribution in [0.5, 0.6) is 0 Å². The van der Waals surface area contributed by atoms with E-state index in [4.69, 9.17) is 5.11 Å². The average Bonchev–Trinajstić information content (AvgIpc) is 2.16. The topological polar surface area (TPSA) is 63.4 Å². The number of nitrogens with zero attached hydrogens (tertiary/aromatic N) is 1. The summed E-state index contributed by atoms with van der Waals surface area (Å²) < 4.78 is 0.451. The molecule has 0 fully saturated rings. The standard InChI is InChI=1S/C9H10BrNO3/c1-6(5-12)7-3-2-4-8(9(7)10)11(13)14/h2-4,6,12H,5H2,1H3. The molecule has 5 heteroatoms. The fraction of sp³-hybridized carbons (Fsp3) is 0.333. The Morgan fingerprint density at radius 3 is 2.79 bits per heavy atom. The zero-order valence-corrected chi connectivity index (χ0v) is 9.19. The van der Waals surface area contributed by atoms with Crippen molar-refractivity contribution < 1.29 is 10.0 Å². The van der Waals surface area contributed by atoms with Gasteiger partial charge in [-0.1, -0.05) is 19.1 Å². The highest BCUT2D eigenvalue weighted by Gasteiger charge is 2.17. The number of nitro benzene ring substituents is 1. The Balaban J connectivity index is 3.20. The first-order chi connectivity index (χ1) is 6.57. The molecule has 4 nitrogen and oxygen atoms in total. The van der Waals surface area contributed by atoms with Crippen LogP contribution < -0.4 is 0 Å². The Morgan fingerprint density at radius 2 is 2.29 bits per heavy atom. The molecule has 0 radical (unpaired) electrons. The Kier molecular flexibility index (Phi) is 3.60. The molecule has 1 rings (SSSR count). The van der Waals surface area contributed by atoms with Gasteiger partial charge in [0.1, 0.15) is 0 Å². The van der Waals surface area contributed by atoms with Gasteiger partial charge >= 0.3 is 0 Å². The Morgan fingerprint density at radius 1 is 1.64 bits per heavy atom. The van der Waals surface area contributed by atoms with Gasteiger partial charge in [-0.15, -0.1) is 0 Å². The number of benzene rings is 1. The molecule has 0 aliphatic carbocycles. The highest BCUT2D eigenvalue weighted by atomic mass is 79.9. The van der Waals surface area contributed by atoms with Gasteiger partial charge in [0.15, 0.2) is 0 Å². The number of nitro groups is 1. The molecule has 0 spiro atoms. The molecule has 1 unspecified atom stereocenters. The van der Waals surface area contributed by atoms with Gasteiger partial charge in [-0.05, 0) is 21.5 Å². The van der Waals surface area contributed by atoms with Crippen LogP contribution in [0.2, 0.25) is 0 Å². The fourth-order valence-corrected chi connectivity index (χ4v) is 1.96. The number of hydrogen-bond donors (Lipinski definition) is 1. The molecular weight excluding hydrogens is 250 g/mol. The molecule has 0 aliphatic heterocycles. The van der Waals surface area contributed by atoms with Crippen molar-refractivity contribution in [3.63, 3.8) is 0 Å². The zero-order valence-electron chi connectivity index (χ0n) is 7.61. The summed E-state index contributed by atoms with van der Waals surface area (Å²) in [5.41, 5.74) is 0.782. The van der Waals surface area contributed by atoms with E-state index >= 15 is 0 Å². The summed E-state index contributed by atoms with van der Waals surface area (Å²) in [6, 6.07) is 4.81. The third kappa shape index (κ3) is 2.10. The van der Waals surface area contributed by atoms with Crippen molar-refractivity contribution in [2.24, 2.45) is 0 Å². The smallest absolute Gasteiger partial charge is 0.283 e.